The number of thiophene rings is 1. The summed E-state index contributed by atoms with van der Waals surface area (Å²) in [7, 11) is 0. The normalized spacial score (nSPS) is 10.5. The van der Waals surface area contributed by atoms with Gasteiger partial charge < -0.3 is 9.88 Å². The van der Waals surface area contributed by atoms with Crippen molar-refractivity contribution in [2.24, 2.45) is 0 Å². The largest absolute Gasteiger partial charge is 0.321 e. The van der Waals surface area contributed by atoms with Gasteiger partial charge in [0.25, 0.3) is 11.5 Å². The molecule has 1 N–H and O–H groups in total. The van der Waals surface area contributed by atoms with Gasteiger partial charge in [-0.15, -0.1) is 11.3 Å². The Labute approximate surface area is 115 Å². The topological polar surface area (TPSA) is 51.1 Å². The fourth-order valence-corrected chi connectivity index (χ4v) is 2.83. The van der Waals surface area contributed by atoms with E-state index in [9.17, 15) is 9.59 Å². The van der Waals surface area contributed by atoms with Crippen LogP contribution in [0.3, 0.4) is 0 Å². The number of anilines is 1. The Morgan fingerprint density at radius 1 is 1.37 bits per heavy atom. The second-order valence-corrected chi connectivity index (χ2v) is 5.78. The lowest BCUT2D eigenvalue weighted by Crippen LogP contribution is -2.19. The van der Waals surface area contributed by atoms with Gasteiger partial charge in [-0.05, 0) is 32.9 Å². The molecule has 0 saturated heterocycles. The van der Waals surface area contributed by atoms with Gasteiger partial charge in [0.1, 0.15) is 0 Å². The van der Waals surface area contributed by atoms with Gasteiger partial charge in [-0.25, -0.2) is 0 Å². The van der Waals surface area contributed by atoms with E-state index in [0.717, 1.165) is 9.75 Å². The zero-order valence-corrected chi connectivity index (χ0v) is 12.0. The number of amides is 1. The number of hydrogen-bond donors (Lipinski definition) is 1. The summed E-state index contributed by atoms with van der Waals surface area (Å²) >= 11 is 1.60. The molecule has 0 aliphatic heterocycles. The molecular formula is C14H16N2O2S. The minimum absolute atomic E-state index is 0.0666. The molecule has 0 atom stereocenters. The quantitative estimate of drug-likeness (QED) is 0.937. The van der Waals surface area contributed by atoms with Gasteiger partial charge in [-0.2, -0.15) is 0 Å². The van der Waals surface area contributed by atoms with Gasteiger partial charge in [-0.1, -0.05) is 0 Å². The standard InChI is InChI=1S/C14H16N2O2S/c1-4-16-8-11(5-6-13(16)17)15-14(18)12-7-9(2)19-10(12)3/h5-8H,4H2,1-3H3,(H,15,18). The molecule has 2 aromatic heterocycles. The van der Waals surface area contributed by atoms with Crippen molar-refractivity contribution in [3.8, 4) is 0 Å². The summed E-state index contributed by atoms with van der Waals surface area (Å²) < 4.78 is 1.56. The first-order chi connectivity index (χ1) is 9.01. The van der Waals surface area contributed by atoms with Gasteiger partial charge in [0.05, 0.1) is 11.3 Å². The highest BCUT2D eigenvalue weighted by Gasteiger charge is 2.12. The van der Waals surface area contributed by atoms with E-state index < -0.39 is 0 Å². The summed E-state index contributed by atoms with van der Waals surface area (Å²) in [5, 5.41) is 2.82. The Hall–Kier alpha value is -1.88. The molecule has 19 heavy (non-hydrogen) atoms. The van der Waals surface area contributed by atoms with Crippen LogP contribution >= 0.6 is 11.3 Å². The third-order valence-electron chi connectivity index (χ3n) is 2.87. The fraction of sp³-hybridized carbons (Fsp3) is 0.286. The number of nitrogens with zero attached hydrogens (tertiary/aromatic N) is 1. The van der Waals surface area contributed by atoms with Crippen molar-refractivity contribution in [2.75, 3.05) is 5.32 Å². The molecular weight excluding hydrogens is 260 g/mol. The molecule has 4 nitrogen and oxygen atoms in total. The number of aryl methyl sites for hydroxylation is 3. The van der Waals surface area contributed by atoms with E-state index in [2.05, 4.69) is 5.32 Å². The second-order valence-electron chi connectivity index (χ2n) is 4.32. The lowest BCUT2D eigenvalue weighted by molar-refractivity contribution is 0.102. The van der Waals surface area contributed by atoms with Crippen LogP contribution in [0.25, 0.3) is 0 Å². The first kappa shape index (κ1) is 13.5. The molecule has 2 aromatic rings. The molecule has 0 fully saturated rings. The maximum atomic E-state index is 12.1. The molecule has 0 unspecified atom stereocenters. The highest BCUT2D eigenvalue weighted by Crippen LogP contribution is 2.21. The van der Waals surface area contributed by atoms with Crippen LogP contribution in [0.1, 0.15) is 27.0 Å². The van der Waals surface area contributed by atoms with Crippen LogP contribution in [0.15, 0.2) is 29.2 Å². The van der Waals surface area contributed by atoms with Crippen molar-refractivity contribution < 1.29 is 4.79 Å². The predicted octanol–water partition coefficient (Wildman–Crippen LogP) is 2.80. The number of hydrogen-bond acceptors (Lipinski definition) is 3. The molecule has 0 aliphatic rings. The van der Waals surface area contributed by atoms with Crippen molar-refractivity contribution in [1.82, 2.24) is 4.57 Å². The third kappa shape index (κ3) is 2.93. The summed E-state index contributed by atoms with van der Waals surface area (Å²) in [5.41, 5.74) is 1.26. The Morgan fingerprint density at radius 2 is 2.11 bits per heavy atom. The molecule has 1 amide bonds. The van der Waals surface area contributed by atoms with Crippen molar-refractivity contribution in [1.29, 1.82) is 0 Å². The Balaban J connectivity index is 2.24. The van der Waals surface area contributed by atoms with E-state index in [1.54, 1.807) is 28.2 Å². The molecule has 0 radical (unpaired) electrons. The van der Waals surface area contributed by atoms with Gasteiger partial charge in [-0.3, -0.25) is 9.59 Å². The third-order valence-corrected chi connectivity index (χ3v) is 3.83. The molecule has 0 spiro atoms. The highest BCUT2D eigenvalue weighted by molar-refractivity contribution is 7.12. The molecule has 0 bridgehead atoms. The molecule has 100 valence electrons. The zero-order chi connectivity index (χ0) is 14.0. The summed E-state index contributed by atoms with van der Waals surface area (Å²) in [6.07, 6.45) is 1.66. The van der Waals surface area contributed by atoms with E-state index in [-0.39, 0.29) is 11.5 Å². The molecule has 2 rings (SSSR count). The lowest BCUT2D eigenvalue weighted by Gasteiger charge is -2.07. The van der Waals surface area contributed by atoms with Crippen LogP contribution in [0.5, 0.6) is 0 Å². The lowest BCUT2D eigenvalue weighted by atomic mass is 10.2. The van der Waals surface area contributed by atoms with E-state index >= 15 is 0 Å². The van der Waals surface area contributed by atoms with E-state index in [0.29, 0.717) is 17.8 Å². The van der Waals surface area contributed by atoms with E-state index in [4.69, 9.17) is 0 Å². The summed E-state index contributed by atoms with van der Waals surface area (Å²) in [6, 6.07) is 4.97. The smallest absolute Gasteiger partial charge is 0.256 e. The van der Waals surface area contributed by atoms with Gasteiger partial charge in [0.15, 0.2) is 0 Å². The summed E-state index contributed by atoms with van der Waals surface area (Å²) in [4.78, 5) is 25.7. The molecule has 5 heteroatoms. The Kier molecular flexibility index (Phi) is 3.85. The highest BCUT2D eigenvalue weighted by atomic mass is 32.1. The van der Waals surface area contributed by atoms with Crippen molar-refractivity contribution >= 4 is 22.9 Å². The van der Waals surface area contributed by atoms with E-state index in [1.807, 2.05) is 26.8 Å². The first-order valence-corrected chi connectivity index (χ1v) is 6.91. The average molecular weight is 276 g/mol. The van der Waals surface area contributed by atoms with Crippen LogP contribution in [0.2, 0.25) is 0 Å². The number of pyridine rings is 1. The zero-order valence-electron chi connectivity index (χ0n) is 11.2. The van der Waals surface area contributed by atoms with Crippen LogP contribution < -0.4 is 10.9 Å². The fourth-order valence-electron chi connectivity index (χ4n) is 1.91. The van der Waals surface area contributed by atoms with Crippen LogP contribution in [0.4, 0.5) is 5.69 Å². The van der Waals surface area contributed by atoms with Crippen molar-refractivity contribution in [2.45, 2.75) is 27.3 Å². The van der Waals surface area contributed by atoms with Crippen LogP contribution in [-0.4, -0.2) is 10.5 Å². The second kappa shape index (κ2) is 5.40. The molecule has 2 heterocycles. The number of nitrogens with one attached hydrogen (secondary N) is 1. The minimum Gasteiger partial charge on any atom is -0.321 e. The maximum absolute atomic E-state index is 12.1. The molecule has 0 aromatic carbocycles. The number of carbonyl (C=O) groups is 1. The van der Waals surface area contributed by atoms with Gasteiger partial charge in [0, 0.05) is 28.6 Å². The average Bonchev–Trinajstić information content (AvgIpc) is 2.71. The van der Waals surface area contributed by atoms with Crippen LogP contribution in [0, 0.1) is 13.8 Å². The molecule has 0 aliphatic carbocycles. The SMILES string of the molecule is CCn1cc(NC(=O)c2cc(C)sc2C)ccc1=O. The maximum Gasteiger partial charge on any atom is 0.256 e. The summed E-state index contributed by atoms with van der Waals surface area (Å²) in [6.45, 7) is 6.38. The van der Waals surface area contributed by atoms with Gasteiger partial charge >= 0.3 is 0 Å². The summed E-state index contributed by atoms with van der Waals surface area (Å²) in [5.74, 6) is -0.136. The van der Waals surface area contributed by atoms with Crippen molar-refractivity contribution in [3.63, 3.8) is 0 Å². The van der Waals surface area contributed by atoms with E-state index in [1.165, 1.54) is 6.07 Å². The first-order valence-electron chi connectivity index (χ1n) is 6.10. The monoisotopic (exact) mass is 276 g/mol. The predicted molar refractivity (Wildman–Crippen MR) is 78.1 cm³/mol. The number of aromatic nitrogens is 1. The van der Waals surface area contributed by atoms with Gasteiger partial charge in [0.2, 0.25) is 0 Å². The van der Waals surface area contributed by atoms with Crippen molar-refractivity contribution in [3.05, 3.63) is 50.1 Å². The Morgan fingerprint density at radius 3 is 2.68 bits per heavy atom. The number of carbonyl (C=O) groups excluding carboxylic acids is 1. The Bertz CT molecular complexity index is 670. The number of rotatable bonds is 3. The minimum atomic E-state index is -0.136. The van der Waals surface area contributed by atoms with Crippen LogP contribution in [-0.2, 0) is 6.54 Å². The molecule has 0 saturated carbocycles.